The molecule has 3 rings (SSSR count). The van der Waals surface area contributed by atoms with Crippen LogP contribution in [0.15, 0.2) is 49.1 Å². The molecule has 0 fully saturated rings. The van der Waals surface area contributed by atoms with Crippen molar-refractivity contribution < 1.29 is 4.79 Å². The molecule has 1 aromatic carbocycles. The molecule has 0 saturated heterocycles. The van der Waals surface area contributed by atoms with Crippen molar-refractivity contribution in [3.8, 4) is 0 Å². The highest BCUT2D eigenvalue weighted by molar-refractivity contribution is 7.09. The number of imidazole rings is 1. The monoisotopic (exact) mass is 342 g/mol. The van der Waals surface area contributed by atoms with Crippen molar-refractivity contribution in [3.05, 3.63) is 60.4 Å². The SMILES string of the molecule is Cc1nsc(NC(=O)NC(CCn2ccnc2)c2ccccc2)n1. The van der Waals surface area contributed by atoms with E-state index in [-0.39, 0.29) is 12.1 Å². The van der Waals surface area contributed by atoms with Crippen LogP contribution in [0.25, 0.3) is 0 Å². The van der Waals surface area contributed by atoms with E-state index in [0.717, 1.165) is 18.5 Å². The highest BCUT2D eigenvalue weighted by Gasteiger charge is 2.15. The molecule has 0 aliphatic heterocycles. The van der Waals surface area contributed by atoms with E-state index >= 15 is 0 Å². The molecule has 0 spiro atoms. The zero-order valence-corrected chi connectivity index (χ0v) is 14.0. The van der Waals surface area contributed by atoms with Gasteiger partial charge in [-0.05, 0) is 18.9 Å². The Morgan fingerprint density at radius 1 is 1.33 bits per heavy atom. The van der Waals surface area contributed by atoms with E-state index in [2.05, 4.69) is 25.0 Å². The van der Waals surface area contributed by atoms with Crippen LogP contribution in [0, 0.1) is 6.92 Å². The standard InChI is InChI=1S/C16H18N6OS/c1-12-18-16(24-21-12)20-15(23)19-14(13-5-3-2-4-6-13)7-9-22-10-8-17-11-22/h2-6,8,10-11,14H,7,9H2,1H3,(H2,18,19,20,21,23). The van der Waals surface area contributed by atoms with Crippen molar-refractivity contribution in [2.45, 2.75) is 25.9 Å². The van der Waals surface area contributed by atoms with Gasteiger partial charge in [0.2, 0.25) is 5.13 Å². The smallest absolute Gasteiger partial charge is 0.321 e. The molecule has 0 saturated carbocycles. The number of benzene rings is 1. The minimum atomic E-state index is -0.286. The third-order valence-corrected chi connectivity index (χ3v) is 4.21. The molecule has 24 heavy (non-hydrogen) atoms. The predicted molar refractivity (Wildman–Crippen MR) is 92.8 cm³/mol. The lowest BCUT2D eigenvalue weighted by atomic mass is 10.0. The fourth-order valence-corrected chi connectivity index (χ4v) is 2.91. The average molecular weight is 342 g/mol. The Kier molecular flexibility index (Phi) is 5.17. The fourth-order valence-electron chi connectivity index (χ4n) is 2.34. The zero-order chi connectivity index (χ0) is 16.8. The van der Waals surface area contributed by atoms with E-state index in [1.807, 2.05) is 41.1 Å². The third-order valence-electron chi connectivity index (χ3n) is 3.49. The highest BCUT2D eigenvalue weighted by Crippen LogP contribution is 2.18. The Hall–Kier alpha value is -2.74. The minimum Gasteiger partial charge on any atom is -0.337 e. The normalized spacial score (nSPS) is 11.9. The molecular weight excluding hydrogens is 324 g/mol. The molecule has 2 aromatic heterocycles. The van der Waals surface area contributed by atoms with Gasteiger partial charge in [-0.1, -0.05) is 30.3 Å². The van der Waals surface area contributed by atoms with Crippen LogP contribution in [-0.4, -0.2) is 24.9 Å². The minimum absolute atomic E-state index is 0.109. The van der Waals surface area contributed by atoms with Crippen molar-refractivity contribution in [2.24, 2.45) is 0 Å². The average Bonchev–Trinajstić information content (AvgIpc) is 3.24. The quantitative estimate of drug-likeness (QED) is 0.721. The van der Waals surface area contributed by atoms with Gasteiger partial charge in [-0.15, -0.1) is 0 Å². The second-order valence-corrected chi connectivity index (χ2v) is 6.05. The van der Waals surface area contributed by atoms with Crippen molar-refractivity contribution in [3.63, 3.8) is 0 Å². The number of urea groups is 1. The summed E-state index contributed by atoms with van der Waals surface area (Å²) in [7, 11) is 0. The van der Waals surface area contributed by atoms with Gasteiger partial charge in [-0.2, -0.15) is 4.37 Å². The lowest BCUT2D eigenvalue weighted by Crippen LogP contribution is -2.33. The van der Waals surface area contributed by atoms with Crippen LogP contribution in [0.5, 0.6) is 0 Å². The van der Waals surface area contributed by atoms with Gasteiger partial charge in [-0.3, -0.25) is 5.32 Å². The number of rotatable bonds is 6. The summed E-state index contributed by atoms with van der Waals surface area (Å²) in [5.74, 6) is 0.648. The number of aromatic nitrogens is 4. The van der Waals surface area contributed by atoms with Crippen molar-refractivity contribution >= 4 is 22.7 Å². The van der Waals surface area contributed by atoms with Crippen LogP contribution in [0.1, 0.15) is 23.9 Å². The topological polar surface area (TPSA) is 84.7 Å². The number of hydrogen-bond donors (Lipinski definition) is 2. The van der Waals surface area contributed by atoms with Crippen molar-refractivity contribution in [1.29, 1.82) is 0 Å². The first-order chi connectivity index (χ1) is 11.7. The molecule has 3 aromatic rings. The first kappa shape index (κ1) is 16.1. The molecule has 0 radical (unpaired) electrons. The van der Waals surface area contributed by atoms with Gasteiger partial charge in [0, 0.05) is 30.5 Å². The van der Waals surface area contributed by atoms with Crippen LogP contribution < -0.4 is 10.6 Å². The zero-order valence-electron chi connectivity index (χ0n) is 13.2. The Balaban J connectivity index is 1.65. The molecule has 0 aliphatic carbocycles. The van der Waals surface area contributed by atoms with Crippen LogP contribution in [-0.2, 0) is 6.54 Å². The maximum absolute atomic E-state index is 12.3. The van der Waals surface area contributed by atoms with Crippen LogP contribution in [0.2, 0.25) is 0 Å². The van der Waals surface area contributed by atoms with Gasteiger partial charge >= 0.3 is 6.03 Å². The summed E-state index contributed by atoms with van der Waals surface area (Å²) in [5.41, 5.74) is 1.06. The highest BCUT2D eigenvalue weighted by atomic mass is 32.1. The second-order valence-electron chi connectivity index (χ2n) is 5.30. The maximum atomic E-state index is 12.3. The number of carbonyl (C=O) groups excluding carboxylic acids is 1. The molecule has 2 amide bonds. The molecule has 1 unspecified atom stereocenters. The summed E-state index contributed by atoms with van der Waals surface area (Å²) in [5, 5.41) is 6.23. The predicted octanol–water partition coefficient (Wildman–Crippen LogP) is 3.00. The number of carbonyl (C=O) groups is 1. The van der Waals surface area contributed by atoms with Crippen LogP contribution in [0.3, 0.4) is 0 Å². The second kappa shape index (κ2) is 7.69. The van der Waals surface area contributed by atoms with Crippen LogP contribution in [0.4, 0.5) is 9.93 Å². The van der Waals surface area contributed by atoms with Gasteiger partial charge in [-0.25, -0.2) is 14.8 Å². The van der Waals surface area contributed by atoms with E-state index in [1.165, 1.54) is 11.5 Å². The number of nitrogens with one attached hydrogen (secondary N) is 2. The fraction of sp³-hybridized carbons (Fsp3) is 0.250. The number of aryl methyl sites for hydroxylation is 2. The largest absolute Gasteiger partial charge is 0.337 e. The molecular formula is C16H18N6OS. The number of hydrogen-bond acceptors (Lipinski definition) is 5. The van der Waals surface area contributed by atoms with Gasteiger partial charge in [0.05, 0.1) is 12.4 Å². The number of anilines is 1. The van der Waals surface area contributed by atoms with E-state index in [0.29, 0.717) is 11.0 Å². The maximum Gasteiger partial charge on any atom is 0.321 e. The molecule has 124 valence electrons. The summed E-state index contributed by atoms with van der Waals surface area (Å²) in [4.78, 5) is 20.4. The summed E-state index contributed by atoms with van der Waals surface area (Å²) in [6.07, 6.45) is 6.18. The molecule has 8 heteroatoms. The summed E-state index contributed by atoms with van der Waals surface area (Å²) >= 11 is 1.17. The molecule has 2 N–H and O–H groups in total. The number of amides is 2. The molecule has 0 aliphatic rings. The van der Waals surface area contributed by atoms with Gasteiger partial charge in [0.1, 0.15) is 5.82 Å². The lowest BCUT2D eigenvalue weighted by molar-refractivity contribution is 0.247. The molecule has 2 heterocycles. The van der Waals surface area contributed by atoms with E-state index < -0.39 is 0 Å². The third kappa shape index (κ3) is 4.39. The number of nitrogens with zero attached hydrogens (tertiary/aromatic N) is 4. The lowest BCUT2D eigenvalue weighted by Gasteiger charge is -2.19. The Morgan fingerprint density at radius 3 is 2.83 bits per heavy atom. The summed E-state index contributed by atoms with van der Waals surface area (Å²) in [6.45, 7) is 2.55. The van der Waals surface area contributed by atoms with Gasteiger partial charge < -0.3 is 9.88 Å². The Morgan fingerprint density at radius 2 is 2.17 bits per heavy atom. The van der Waals surface area contributed by atoms with Crippen LogP contribution >= 0.6 is 11.5 Å². The van der Waals surface area contributed by atoms with Gasteiger partial charge in [0.25, 0.3) is 0 Å². The first-order valence-electron chi connectivity index (χ1n) is 7.59. The van der Waals surface area contributed by atoms with Crippen molar-refractivity contribution in [1.82, 2.24) is 24.2 Å². The summed E-state index contributed by atoms with van der Waals surface area (Å²) in [6, 6.07) is 9.51. The van der Waals surface area contributed by atoms with E-state index in [4.69, 9.17) is 0 Å². The molecule has 0 bridgehead atoms. The van der Waals surface area contributed by atoms with Crippen molar-refractivity contribution in [2.75, 3.05) is 5.32 Å². The Labute approximate surface area is 143 Å². The van der Waals surface area contributed by atoms with E-state index in [9.17, 15) is 4.79 Å². The van der Waals surface area contributed by atoms with E-state index in [1.54, 1.807) is 19.4 Å². The molecule has 1 atom stereocenters. The summed E-state index contributed by atoms with van der Waals surface area (Å²) < 4.78 is 6.04. The Bertz CT molecular complexity index is 771. The first-order valence-corrected chi connectivity index (χ1v) is 8.36. The molecule has 7 nitrogen and oxygen atoms in total. The van der Waals surface area contributed by atoms with Gasteiger partial charge in [0.15, 0.2) is 0 Å².